The van der Waals surface area contributed by atoms with Gasteiger partial charge in [-0.2, -0.15) is 0 Å². The van der Waals surface area contributed by atoms with Crippen LogP contribution in [0.3, 0.4) is 0 Å². The van der Waals surface area contributed by atoms with Crippen LogP contribution in [0.4, 0.5) is 5.69 Å². The number of halogens is 1. The van der Waals surface area contributed by atoms with Crippen LogP contribution >= 0.6 is 11.6 Å². The van der Waals surface area contributed by atoms with Crippen molar-refractivity contribution < 1.29 is 19.1 Å². The zero-order chi connectivity index (χ0) is 21.9. The number of primary amides is 1. The van der Waals surface area contributed by atoms with Crippen molar-refractivity contribution in [1.29, 1.82) is 0 Å². The molecule has 10 heteroatoms. The second-order valence-electron chi connectivity index (χ2n) is 6.39. The smallest absolute Gasteiger partial charge is 0.267 e. The van der Waals surface area contributed by atoms with Gasteiger partial charge in [-0.3, -0.25) is 24.7 Å². The molecule has 0 aliphatic carbocycles. The minimum Gasteiger partial charge on any atom is -0.495 e. The van der Waals surface area contributed by atoms with Gasteiger partial charge in [0, 0.05) is 12.7 Å². The minimum absolute atomic E-state index is 0.0163. The Hall–Kier alpha value is -3.43. The highest BCUT2D eigenvalue weighted by Gasteiger charge is 2.49. The molecule has 3 amide bonds. The summed E-state index contributed by atoms with van der Waals surface area (Å²) in [5.41, 5.74) is 5.19. The van der Waals surface area contributed by atoms with Crippen molar-refractivity contribution in [1.82, 2.24) is 10.6 Å². The highest BCUT2D eigenvalue weighted by molar-refractivity contribution is 6.47. The summed E-state index contributed by atoms with van der Waals surface area (Å²) in [6.07, 6.45) is 0. The standard InChI is InChI=1S/C20H20ClN5O4/c1-23-18(28)16-20(19(22)29,25-10-24-16)11-6-8-12(9-7-11)26-17(27)13-4-3-5-14(30-2)15(13)21/h3-9,25H,10H2,1-2H3,(H2,22,29)(H,23,28)(H,26,27). The van der Waals surface area contributed by atoms with Crippen molar-refractivity contribution >= 4 is 40.7 Å². The minimum atomic E-state index is -1.56. The van der Waals surface area contributed by atoms with Crippen LogP contribution in [-0.4, -0.2) is 44.3 Å². The van der Waals surface area contributed by atoms with E-state index in [4.69, 9.17) is 22.1 Å². The molecule has 0 saturated heterocycles. The number of nitrogens with one attached hydrogen (secondary N) is 3. The lowest BCUT2D eigenvalue weighted by atomic mass is 9.84. The average molecular weight is 430 g/mol. The third-order valence-electron chi connectivity index (χ3n) is 4.75. The normalized spacial score (nSPS) is 17.8. The number of ether oxygens (including phenoxy) is 1. The molecule has 2 aromatic carbocycles. The van der Waals surface area contributed by atoms with Gasteiger partial charge in [-0.15, -0.1) is 0 Å². The van der Waals surface area contributed by atoms with E-state index in [2.05, 4.69) is 20.9 Å². The maximum absolute atomic E-state index is 12.6. The zero-order valence-electron chi connectivity index (χ0n) is 16.3. The molecule has 1 aliphatic heterocycles. The van der Waals surface area contributed by atoms with E-state index in [1.807, 2.05) is 0 Å². The van der Waals surface area contributed by atoms with E-state index in [0.717, 1.165) is 0 Å². The van der Waals surface area contributed by atoms with Crippen molar-refractivity contribution in [3.8, 4) is 5.75 Å². The fraction of sp³-hybridized carbons (Fsp3) is 0.200. The highest BCUT2D eigenvalue weighted by atomic mass is 35.5. The first-order valence-electron chi connectivity index (χ1n) is 8.91. The maximum atomic E-state index is 12.6. The molecule has 0 aromatic heterocycles. The predicted octanol–water partition coefficient (Wildman–Crippen LogP) is 1.03. The van der Waals surface area contributed by atoms with E-state index in [9.17, 15) is 14.4 Å². The Morgan fingerprint density at radius 3 is 2.47 bits per heavy atom. The van der Waals surface area contributed by atoms with Crippen LogP contribution in [-0.2, 0) is 15.1 Å². The van der Waals surface area contributed by atoms with Gasteiger partial charge < -0.3 is 21.1 Å². The summed E-state index contributed by atoms with van der Waals surface area (Å²) in [5.74, 6) is -1.31. The van der Waals surface area contributed by atoms with Gasteiger partial charge in [0.05, 0.1) is 24.4 Å². The number of hydrogen-bond donors (Lipinski definition) is 4. The average Bonchev–Trinajstić information content (AvgIpc) is 3.20. The van der Waals surface area contributed by atoms with Gasteiger partial charge in [0.1, 0.15) is 11.5 Å². The number of carbonyl (C=O) groups is 3. The Balaban J connectivity index is 1.88. The summed E-state index contributed by atoms with van der Waals surface area (Å²) in [4.78, 5) is 41.2. The fourth-order valence-corrected chi connectivity index (χ4v) is 3.52. The van der Waals surface area contributed by atoms with Crippen LogP contribution in [0.15, 0.2) is 47.5 Å². The second kappa shape index (κ2) is 8.52. The zero-order valence-corrected chi connectivity index (χ0v) is 17.0. The number of amides is 3. The van der Waals surface area contributed by atoms with Crippen molar-refractivity contribution in [2.75, 3.05) is 26.1 Å². The summed E-state index contributed by atoms with van der Waals surface area (Å²) in [7, 11) is 2.90. The number of anilines is 1. The maximum Gasteiger partial charge on any atom is 0.267 e. The molecule has 30 heavy (non-hydrogen) atoms. The van der Waals surface area contributed by atoms with Crippen molar-refractivity contribution in [2.24, 2.45) is 10.7 Å². The first-order valence-corrected chi connectivity index (χ1v) is 9.29. The number of aliphatic imine (C=N–C) groups is 1. The van der Waals surface area contributed by atoms with E-state index in [0.29, 0.717) is 17.0 Å². The van der Waals surface area contributed by atoms with Crippen LogP contribution < -0.4 is 26.4 Å². The molecule has 0 fully saturated rings. The van der Waals surface area contributed by atoms with Crippen molar-refractivity contribution in [3.63, 3.8) is 0 Å². The first kappa shape index (κ1) is 21.3. The van der Waals surface area contributed by atoms with Crippen LogP contribution in [0, 0.1) is 0 Å². The molecule has 0 spiro atoms. The molecule has 1 unspecified atom stereocenters. The second-order valence-corrected chi connectivity index (χ2v) is 6.77. The molecule has 0 radical (unpaired) electrons. The van der Waals surface area contributed by atoms with Crippen LogP contribution in [0.1, 0.15) is 15.9 Å². The molecular weight excluding hydrogens is 410 g/mol. The quantitative estimate of drug-likeness (QED) is 0.544. The number of nitrogens with zero attached hydrogens (tertiary/aromatic N) is 1. The topological polar surface area (TPSA) is 135 Å². The summed E-state index contributed by atoms with van der Waals surface area (Å²) < 4.78 is 5.12. The van der Waals surface area contributed by atoms with E-state index >= 15 is 0 Å². The Bertz CT molecular complexity index is 1040. The first-order chi connectivity index (χ1) is 14.3. The molecular formula is C20H20ClN5O4. The van der Waals surface area contributed by atoms with Gasteiger partial charge in [0.25, 0.3) is 11.8 Å². The molecule has 5 N–H and O–H groups in total. The monoisotopic (exact) mass is 429 g/mol. The van der Waals surface area contributed by atoms with Gasteiger partial charge in [-0.05, 0) is 29.8 Å². The highest BCUT2D eigenvalue weighted by Crippen LogP contribution is 2.30. The Morgan fingerprint density at radius 2 is 1.87 bits per heavy atom. The number of rotatable bonds is 6. The number of carbonyl (C=O) groups excluding carboxylic acids is 3. The van der Waals surface area contributed by atoms with Gasteiger partial charge in [0.2, 0.25) is 5.91 Å². The number of methoxy groups -OCH3 is 1. The van der Waals surface area contributed by atoms with Crippen molar-refractivity contribution in [2.45, 2.75) is 5.54 Å². The van der Waals surface area contributed by atoms with E-state index in [-0.39, 0.29) is 23.0 Å². The van der Waals surface area contributed by atoms with Crippen LogP contribution in [0.25, 0.3) is 0 Å². The Labute approximate surface area is 177 Å². The van der Waals surface area contributed by atoms with Crippen LogP contribution in [0.2, 0.25) is 5.02 Å². The van der Waals surface area contributed by atoms with E-state index in [1.165, 1.54) is 14.2 Å². The Kier molecular flexibility index (Phi) is 6.04. The van der Waals surface area contributed by atoms with E-state index in [1.54, 1.807) is 42.5 Å². The summed E-state index contributed by atoms with van der Waals surface area (Å²) in [6.45, 7) is 0.0680. The molecule has 0 saturated carbocycles. The third-order valence-corrected chi connectivity index (χ3v) is 5.14. The molecule has 3 rings (SSSR count). The fourth-order valence-electron chi connectivity index (χ4n) is 3.23. The number of hydrogen-bond acceptors (Lipinski definition) is 6. The van der Waals surface area contributed by atoms with Gasteiger partial charge in [0.15, 0.2) is 5.54 Å². The predicted molar refractivity (Wildman–Crippen MR) is 113 cm³/mol. The molecule has 1 aliphatic rings. The summed E-state index contributed by atoms with van der Waals surface area (Å²) >= 11 is 6.20. The summed E-state index contributed by atoms with van der Waals surface area (Å²) in [5, 5.41) is 8.29. The van der Waals surface area contributed by atoms with Gasteiger partial charge in [-0.25, -0.2) is 0 Å². The van der Waals surface area contributed by atoms with Gasteiger partial charge >= 0.3 is 0 Å². The molecule has 9 nitrogen and oxygen atoms in total. The largest absolute Gasteiger partial charge is 0.495 e. The van der Waals surface area contributed by atoms with Crippen LogP contribution in [0.5, 0.6) is 5.75 Å². The molecule has 0 bridgehead atoms. The molecule has 1 heterocycles. The van der Waals surface area contributed by atoms with Gasteiger partial charge in [-0.1, -0.05) is 29.8 Å². The number of benzene rings is 2. The van der Waals surface area contributed by atoms with E-state index < -0.39 is 23.3 Å². The number of nitrogens with two attached hydrogens (primary N) is 1. The summed E-state index contributed by atoms with van der Waals surface area (Å²) in [6, 6.07) is 11.2. The molecule has 156 valence electrons. The lowest BCUT2D eigenvalue weighted by Crippen LogP contribution is -2.58. The lowest BCUT2D eigenvalue weighted by molar-refractivity contribution is -0.123. The Morgan fingerprint density at radius 1 is 1.17 bits per heavy atom. The third kappa shape index (κ3) is 3.60. The molecule has 2 aromatic rings. The molecule has 1 atom stereocenters. The SMILES string of the molecule is CNC(=O)C1=NCNC1(C(N)=O)c1ccc(NC(=O)c2cccc(OC)c2Cl)cc1. The lowest BCUT2D eigenvalue weighted by Gasteiger charge is -2.27. The van der Waals surface area contributed by atoms with Crippen molar-refractivity contribution in [3.05, 3.63) is 58.6 Å².